The van der Waals surface area contributed by atoms with Crippen LogP contribution < -0.4 is 16.8 Å². The SMILES string of the molecule is C[C@]12CCC(OCCCN)CC1CC[C@@H]1[C@H]2CC[C@]2(C)C(O)(/C=N/OCCNC(=N)N)CC[C@@]12O. The van der Waals surface area contributed by atoms with E-state index in [0.717, 1.165) is 58.0 Å². The standard InChI is InChI=1S/C26H47N5O4/c1-23-8-6-19(34-14-3-12-27)16-18(23)4-5-21-20(23)7-9-24(2)25(32,10-11-26(21,24)33)17-31-35-15-13-30-22(28)29/h17-21,32-33H,3-16,27H2,1-2H3,(H4,28,29,30)/b31-17+/t18?,19?,20-,21-,23+,24-,25?,26-/m1/s1. The molecule has 4 saturated carbocycles. The van der Waals surface area contributed by atoms with Crippen molar-refractivity contribution in [3.63, 3.8) is 0 Å². The average Bonchev–Trinajstić information content (AvgIpc) is 3.03. The number of nitrogens with one attached hydrogen (secondary N) is 2. The number of nitrogens with zero attached hydrogens (tertiary/aromatic N) is 1. The molecule has 8 atom stereocenters. The smallest absolute Gasteiger partial charge is 0.185 e. The molecule has 0 amide bonds. The summed E-state index contributed by atoms with van der Waals surface area (Å²) in [5.41, 5.74) is 8.36. The van der Waals surface area contributed by atoms with Crippen molar-refractivity contribution in [1.82, 2.24) is 5.32 Å². The molecule has 3 unspecified atom stereocenters. The van der Waals surface area contributed by atoms with E-state index in [1.54, 1.807) is 0 Å². The van der Waals surface area contributed by atoms with Crippen LogP contribution >= 0.6 is 0 Å². The monoisotopic (exact) mass is 493 g/mol. The predicted molar refractivity (Wildman–Crippen MR) is 136 cm³/mol. The third kappa shape index (κ3) is 4.58. The van der Waals surface area contributed by atoms with Crippen molar-refractivity contribution in [2.24, 2.45) is 45.2 Å². The number of hydrogen-bond acceptors (Lipinski definition) is 7. The van der Waals surface area contributed by atoms with Gasteiger partial charge in [-0.2, -0.15) is 0 Å². The van der Waals surface area contributed by atoms with Crippen LogP contribution in [0.2, 0.25) is 0 Å². The Morgan fingerprint density at radius 2 is 1.89 bits per heavy atom. The lowest BCUT2D eigenvalue weighted by atomic mass is 9.43. The van der Waals surface area contributed by atoms with Crippen LogP contribution in [0, 0.1) is 34.0 Å². The van der Waals surface area contributed by atoms with Crippen LogP contribution in [-0.2, 0) is 9.57 Å². The third-order valence-electron chi connectivity index (χ3n) is 10.6. The van der Waals surface area contributed by atoms with Crippen LogP contribution in [-0.4, -0.2) is 66.0 Å². The normalized spacial score (nSPS) is 44.9. The molecule has 9 heteroatoms. The molecule has 35 heavy (non-hydrogen) atoms. The second kappa shape index (κ2) is 10.1. The predicted octanol–water partition coefficient (Wildman–Crippen LogP) is 2.09. The quantitative estimate of drug-likeness (QED) is 0.124. The number of ether oxygens (including phenoxy) is 1. The van der Waals surface area contributed by atoms with Crippen molar-refractivity contribution in [3.05, 3.63) is 0 Å². The molecule has 0 heterocycles. The maximum Gasteiger partial charge on any atom is 0.185 e. The summed E-state index contributed by atoms with van der Waals surface area (Å²) >= 11 is 0. The van der Waals surface area contributed by atoms with Gasteiger partial charge in [-0.3, -0.25) is 5.41 Å². The number of nitrogens with two attached hydrogens (primary N) is 2. The first-order valence-electron chi connectivity index (χ1n) is 13.6. The molecule has 4 rings (SSSR count). The van der Waals surface area contributed by atoms with Gasteiger partial charge in [0.25, 0.3) is 0 Å². The number of oxime groups is 1. The summed E-state index contributed by atoms with van der Waals surface area (Å²) < 4.78 is 6.15. The zero-order valence-corrected chi connectivity index (χ0v) is 21.6. The molecule has 0 aliphatic heterocycles. The van der Waals surface area contributed by atoms with E-state index < -0.39 is 16.6 Å². The van der Waals surface area contributed by atoms with E-state index in [1.807, 2.05) is 0 Å². The molecule has 0 saturated heterocycles. The molecular weight excluding hydrogens is 446 g/mol. The van der Waals surface area contributed by atoms with Gasteiger partial charge in [-0.1, -0.05) is 19.0 Å². The topological polar surface area (TPSA) is 159 Å². The largest absolute Gasteiger partial charge is 0.394 e. The lowest BCUT2D eigenvalue weighted by Crippen LogP contribution is -2.65. The van der Waals surface area contributed by atoms with Crippen molar-refractivity contribution >= 4 is 12.2 Å². The van der Waals surface area contributed by atoms with E-state index in [4.69, 9.17) is 26.5 Å². The summed E-state index contributed by atoms with van der Waals surface area (Å²) in [5.74, 6) is 1.18. The van der Waals surface area contributed by atoms with E-state index in [0.29, 0.717) is 43.9 Å². The molecule has 0 radical (unpaired) electrons. The van der Waals surface area contributed by atoms with Crippen molar-refractivity contribution in [2.75, 3.05) is 26.3 Å². The Bertz CT molecular complexity index is 798. The third-order valence-corrected chi connectivity index (χ3v) is 10.6. The van der Waals surface area contributed by atoms with Gasteiger partial charge >= 0.3 is 0 Å². The maximum absolute atomic E-state index is 12.3. The number of hydrogen-bond donors (Lipinski definition) is 6. The lowest BCUT2D eigenvalue weighted by molar-refractivity contribution is -0.225. The lowest BCUT2D eigenvalue weighted by Gasteiger charge is -2.64. The molecule has 9 nitrogen and oxygen atoms in total. The first kappa shape index (κ1) is 26.6. The van der Waals surface area contributed by atoms with Crippen molar-refractivity contribution in [3.8, 4) is 0 Å². The molecule has 0 aromatic rings. The Morgan fingerprint density at radius 3 is 2.63 bits per heavy atom. The van der Waals surface area contributed by atoms with Crippen LogP contribution in [0.1, 0.15) is 78.1 Å². The summed E-state index contributed by atoms with van der Waals surface area (Å²) in [7, 11) is 0. The van der Waals surface area contributed by atoms with Gasteiger partial charge in [-0.05, 0) is 93.9 Å². The molecule has 4 aliphatic rings. The Balaban J connectivity index is 1.43. The highest BCUT2D eigenvalue weighted by Crippen LogP contribution is 2.69. The summed E-state index contributed by atoms with van der Waals surface area (Å²) in [6.07, 6.45) is 11.1. The van der Waals surface area contributed by atoms with Crippen molar-refractivity contribution in [1.29, 1.82) is 5.41 Å². The van der Waals surface area contributed by atoms with Crippen molar-refractivity contribution < 1.29 is 19.8 Å². The second-order valence-corrected chi connectivity index (χ2v) is 12.0. The number of aliphatic hydroxyl groups is 2. The minimum atomic E-state index is -1.20. The second-order valence-electron chi connectivity index (χ2n) is 12.0. The highest BCUT2D eigenvalue weighted by Gasteiger charge is 2.71. The van der Waals surface area contributed by atoms with Crippen LogP contribution in [0.25, 0.3) is 0 Å². The van der Waals surface area contributed by atoms with E-state index in [-0.39, 0.29) is 23.9 Å². The highest BCUT2D eigenvalue weighted by atomic mass is 16.6. The van der Waals surface area contributed by atoms with Gasteiger partial charge in [0.2, 0.25) is 0 Å². The van der Waals surface area contributed by atoms with Gasteiger partial charge in [0.1, 0.15) is 12.2 Å². The maximum atomic E-state index is 12.3. The summed E-state index contributed by atoms with van der Waals surface area (Å²) in [6, 6.07) is 0. The molecule has 0 aromatic carbocycles. The van der Waals surface area contributed by atoms with Crippen LogP contribution in [0.5, 0.6) is 0 Å². The van der Waals surface area contributed by atoms with E-state index in [1.165, 1.54) is 6.21 Å². The summed E-state index contributed by atoms with van der Waals surface area (Å²) in [4.78, 5) is 5.30. The van der Waals surface area contributed by atoms with Gasteiger partial charge < -0.3 is 36.6 Å². The number of rotatable bonds is 9. The summed E-state index contributed by atoms with van der Waals surface area (Å²) in [5, 5.41) is 37.8. The van der Waals surface area contributed by atoms with Crippen LogP contribution in [0.15, 0.2) is 5.16 Å². The van der Waals surface area contributed by atoms with Gasteiger partial charge in [-0.15, -0.1) is 0 Å². The molecule has 200 valence electrons. The van der Waals surface area contributed by atoms with Gasteiger partial charge in [0.05, 0.1) is 24.5 Å². The zero-order valence-electron chi connectivity index (χ0n) is 21.6. The molecule has 0 bridgehead atoms. The van der Waals surface area contributed by atoms with Gasteiger partial charge in [0.15, 0.2) is 5.96 Å². The van der Waals surface area contributed by atoms with E-state index >= 15 is 0 Å². The molecule has 0 aromatic heterocycles. The first-order valence-corrected chi connectivity index (χ1v) is 13.6. The summed E-state index contributed by atoms with van der Waals surface area (Å²) in [6.45, 7) is 6.56. The first-order chi connectivity index (χ1) is 16.6. The fraction of sp³-hybridized carbons (Fsp3) is 0.923. The van der Waals surface area contributed by atoms with Gasteiger partial charge in [0, 0.05) is 12.0 Å². The molecule has 4 aliphatic carbocycles. The average molecular weight is 494 g/mol. The zero-order chi connectivity index (χ0) is 25.3. The fourth-order valence-electron chi connectivity index (χ4n) is 8.34. The Morgan fingerprint density at radius 1 is 1.09 bits per heavy atom. The Hall–Kier alpha value is -1.42. The van der Waals surface area contributed by atoms with E-state index in [2.05, 4.69) is 24.3 Å². The van der Waals surface area contributed by atoms with Crippen molar-refractivity contribution in [2.45, 2.75) is 95.4 Å². The minimum absolute atomic E-state index is 0.114. The van der Waals surface area contributed by atoms with Gasteiger partial charge in [-0.25, -0.2) is 0 Å². The van der Waals surface area contributed by atoms with Crippen LogP contribution in [0.4, 0.5) is 0 Å². The molecular formula is C26H47N5O4. The Labute approximate surface area is 209 Å². The minimum Gasteiger partial charge on any atom is -0.394 e. The fourth-order valence-corrected chi connectivity index (χ4v) is 8.34. The molecule has 4 fully saturated rings. The molecule has 8 N–H and O–H groups in total. The highest BCUT2D eigenvalue weighted by molar-refractivity contribution is 5.74. The Kier molecular flexibility index (Phi) is 7.72. The molecule has 0 spiro atoms. The van der Waals surface area contributed by atoms with Crippen LogP contribution in [0.3, 0.4) is 0 Å². The number of fused-ring (bicyclic) bond motifs is 5. The van der Waals surface area contributed by atoms with E-state index in [9.17, 15) is 10.2 Å². The number of guanidine groups is 1.